The first-order valence-corrected chi connectivity index (χ1v) is 11.7. The van der Waals surface area contributed by atoms with Gasteiger partial charge in [0, 0.05) is 33.9 Å². The highest BCUT2D eigenvalue weighted by molar-refractivity contribution is 9.10. The van der Waals surface area contributed by atoms with Crippen molar-refractivity contribution in [2.45, 2.75) is 25.5 Å². The fraction of sp³-hybridized carbons (Fsp3) is 0.318. The fourth-order valence-corrected chi connectivity index (χ4v) is 4.16. The number of aliphatic hydroxyl groups is 1. The average molecular weight is 555 g/mol. The molecular weight excluding hydrogens is 530 g/mol. The lowest BCUT2D eigenvalue weighted by Gasteiger charge is -2.20. The Hall–Kier alpha value is -3.02. The molecule has 12 heteroatoms. The van der Waals surface area contributed by atoms with Crippen LogP contribution in [0.2, 0.25) is 5.02 Å². The standard InChI is InChI=1S/C22H25BrClN5O5/c1-2-18(16-5-12(23)6-17(24)20(16)33)29-19(32)10-25-21(34)11-3-13(7-14(30)4-11)28-22-26-8-15(31)9-27-22/h3-7,15,18,30-31,33H,2,8-10H2,1H3,(H,25,34)(H,29,32)(H2,26,27,28). The van der Waals surface area contributed by atoms with Crippen LogP contribution in [0.4, 0.5) is 5.69 Å². The highest BCUT2D eigenvalue weighted by atomic mass is 79.9. The largest absolute Gasteiger partial charge is 0.508 e. The summed E-state index contributed by atoms with van der Waals surface area (Å²) in [7, 11) is 0. The van der Waals surface area contributed by atoms with Crippen molar-refractivity contribution in [3.63, 3.8) is 0 Å². The summed E-state index contributed by atoms with van der Waals surface area (Å²) in [5.41, 5.74) is 0.998. The predicted molar refractivity (Wildman–Crippen MR) is 132 cm³/mol. The number of amides is 2. The molecule has 0 aromatic heterocycles. The van der Waals surface area contributed by atoms with Crippen molar-refractivity contribution in [3.05, 3.63) is 51.0 Å². The van der Waals surface area contributed by atoms with E-state index in [0.717, 1.165) is 0 Å². The lowest BCUT2D eigenvalue weighted by Crippen LogP contribution is -2.42. The molecule has 1 heterocycles. The number of anilines is 1. The molecule has 7 N–H and O–H groups in total. The first kappa shape index (κ1) is 25.6. The highest BCUT2D eigenvalue weighted by Gasteiger charge is 2.20. The third-order valence-electron chi connectivity index (χ3n) is 4.99. The summed E-state index contributed by atoms with van der Waals surface area (Å²) < 4.78 is 0.658. The third-order valence-corrected chi connectivity index (χ3v) is 5.74. The SMILES string of the molecule is CCC(NC(=O)CNC(=O)c1cc(O)cc(NC2=NCC(O)CN2)c1)c1cc(Br)cc(Cl)c1O. The fourth-order valence-electron chi connectivity index (χ4n) is 3.33. The normalized spacial score (nSPS) is 16.1. The number of aliphatic imine (C=N–C) groups is 1. The van der Waals surface area contributed by atoms with Gasteiger partial charge in [-0.05, 0) is 30.7 Å². The number of halogens is 2. The van der Waals surface area contributed by atoms with Crippen LogP contribution in [0.25, 0.3) is 0 Å². The molecule has 1 aliphatic heterocycles. The second kappa shape index (κ2) is 11.4. The number of phenolic OH excluding ortho intramolecular Hbond substituents is 2. The summed E-state index contributed by atoms with van der Waals surface area (Å²) in [5.74, 6) is -0.891. The Labute approximate surface area is 209 Å². The predicted octanol–water partition coefficient (Wildman–Crippen LogP) is 2.24. The molecule has 2 atom stereocenters. The van der Waals surface area contributed by atoms with E-state index in [9.17, 15) is 24.9 Å². The number of carbonyl (C=O) groups excluding carboxylic acids is 2. The zero-order chi connectivity index (χ0) is 24.8. The summed E-state index contributed by atoms with van der Waals surface area (Å²) in [4.78, 5) is 29.2. The van der Waals surface area contributed by atoms with E-state index in [2.05, 4.69) is 42.2 Å². The van der Waals surface area contributed by atoms with Crippen LogP contribution >= 0.6 is 27.5 Å². The Morgan fingerprint density at radius 1 is 1.26 bits per heavy atom. The maximum absolute atomic E-state index is 12.6. The van der Waals surface area contributed by atoms with Crippen LogP contribution in [0.3, 0.4) is 0 Å². The number of rotatable bonds is 7. The molecule has 34 heavy (non-hydrogen) atoms. The topological polar surface area (TPSA) is 155 Å². The van der Waals surface area contributed by atoms with Crippen LogP contribution in [-0.2, 0) is 4.79 Å². The van der Waals surface area contributed by atoms with E-state index in [4.69, 9.17) is 11.6 Å². The van der Waals surface area contributed by atoms with Crippen LogP contribution in [0, 0.1) is 0 Å². The molecule has 2 aromatic rings. The molecule has 2 amide bonds. The number of guanidine groups is 1. The molecule has 0 spiro atoms. The monoisotopic (exact) mass is 553 g/mol. The average Bonchev–Trinajstić information content (AvgIpc) is 2.79. The Kier molecular flexibility index (Phi) is 8.59. The summed E-state index contributed by atoms with van der Waals surface area (Å²) >= 11 is 9.34. The molecule has 10 nitrogen and oxygen atoms in total. The number of β-amino-alcohol motifs (C(OH)–C–C–N with tert-alkyl or cyclic N) is 1. The first-order valence-electron chi connectivity index (χ1n) is 10.5. The number of aliphatic hydroxyl groups excluding tert-OH is 1. The first-order chi connectivity index (χ1) is 16.2. The van der Waals surface area contributed by atoms with E-state index >= 15 is 0 Å². The Morgan fingerprint density at radius 2 is 2.03 bits per heavy atom. The van der Waals surface area contributed by atoms with Crippen LogP contribution in [0.5, 0.6) is 11.5 Å². The number of nitrogens with zero attached hydrogens (tertiary/aromatic N) is 1. The van der Waals surface area contributed by atoms with Gasteiger partial charge in [-0.1, -0.05) is 34.5 Å². The number of hydrogen-bond acceptors (Lipinski definition) is 8. The maximum atomic E-state index is 12.6. The van der Waals surface area contributed by atoms with Crippen molar-refractivity contribution in [1.29, 1.82) is 0 Å². The molecule has 0 saturated heterocycles. The van der Waals surface area contributed by atoms with Crippen molar-refractivity contribution in [3.8, 4) is 11.5 Å². The van der Waals surface area contributed by atoms with Crippen molar-refractivity contribution >= 4 is 51.0 Å². The third kappa shape index (κ3) is 6.75. The maximum Gasteiger partial charge on any atom is 0.251 e. The molecule has 0 bridgehead atoms. The number of phenols is 2. The summed E-state index contributed by atoms with van der Waals surface area (Å²) in [6, 6.07) is 6.89. The Bertz CT molecular complexity index is 1110. The molecule has 3 rings (SSSR count). The van der Waals surface area contributed by atoms with Crippen LogP contribution in [0.1, 0.15) is 35.3 Å². The quantitative estimate of drug-likeness (QED) is 0.277. The minimum Gasteiger partial charge on any atom is -0.508 e. The lowest BCUT2D eigenvalue weighted by atomic mass is 10.0. The van der Waals surface area contributed by atoms with Crippen molar-refractivity contribution in [2.75, 3.05) is 25.0 Å². The molecule has 182 valence electrons. The molecule has 0 aliphatic carbocycles. The minimum absolute atomic E-state index is 0.118. The van der Waals surface area contributed by atoms with Gasteiger partial charge in [0.1, 0.15) is 11.5 Å². The van der Waals surface area contributed by atoms with Gasteiger partial charge in [0.25, 0.3) is 5.91 Å². The van der Waals surface area contributed by atoms with E-state index in [-0.39, 0.29) is 35.2 Å². The Balaban J connectivity index is 1.61. The molecule has 1 aliphatic rings. The lowest BCUT2D eigenvalue weighted by molar-refractivity contribution is -0.120. The van der Waals surface area contributed by atoms with E-state index in [0.29, 0.717) is 34.6 Å². The van der Waals surface area contributed by atoms with Crippen molar-refractivity contribution < 1.29 is 24.9 Å². The van der Waals surface area contributed by atoms with Gasteiger partial charge in [0.15, 0.2) is 5.96 Å². The molecular formula is C22H25BrClN5O5. The molecule has 2 aromatic carbocycles. The highest BCUT2D eigenvalue weighted by Crippen LogP contribution is 2.36. The van der Waals surface area contributed by atoms with E-state index in [1.165, 1.54) is 18.2 Å². The van der Waals surface area contributed by atoms with E-state index in [1.54, 1.807) is 12.1 Å². The van der Waals surface area contributed by atoms with Crippen LogP contribution in [0.15, 0.2) is 39.8 Å². The van der Waals surface area contributed by atoms with Gasteiger partial charge in [-0.15, -0.1) is 0 Å². The number of aromatic hydroxyl groups is 2. The van der Waals surface area contributed by atoms with Gasteiger partial charge in [0.05, 0.1) is 30.3 Å². The Morgan fingerprint density at radius 3 is 2.71 bits per heavy atom. The van der Waals surface area contributed by atoms with Gasteiger partial charge in [0.2, 0.25) is 5.91 Å². The summed E-state index contributed by atoms with van der Waals surface area (Å²) in [6.07, 6.45) is -0.0878. The summed E-state index contributed by atoms with van der Waals surface area (Å²) in [5, 5.41) is 41.0. The van der Waals surface area contributed by atoms with E-state index in [1.807, 2.05) is 6.92 Å². The van der Waals surface area contributed by atoms with Crippen molar-refractivity contribution in [1.82, 2.24) is 16.0 Å². The molecule has 2 unspecified atom stereocenters. The molecule has 0 saturated carbocycles. The molecule has 0 radical (unpaired) electrons. The second-order valence-electron chi connectivity index (χ2n) is 7.65. The van der Waals surface area contributed by atoms with Gasteiger partial charge < -0.3 is 36.6 Å². The van der Waals surface area contributed by atoms with E-state index < -0.39 is 24.0 Å². The minimum atomic E-state index is -0.570. The van der Waals surface area contributed by atoms with Gasteiger partial charge >= 0.3 is 0 Å². The van der Waals surface area contributed by atoms with Gasteiger partial charge in [-0.2, -0.15) is 0 Å². The van der Waals surface area contributed by atoms with Crippen molar-refractivity contribution in [2.24, 2.45) is 4.99 Å². The zero-order valence-corrected chi connectivity index (χ0v) is 20.6. The molecule has 0 fully saturated rings. The van der Waals surface area contributed by atoms with Gasteiger partial charge in [-0.25, -0.2) is 0 Å². The number of hydrogen-bond donors (Lipinski definition) is 7. The second-order valence-corrected chi connectivity index (χ2v) is 8.98. The summed E-state index contributed by atoms with van der Waals surface area (Å²) in [6.45, 7) is 2.09. The number of benzene rings is 2. The number of carbonyl (C=O) groups is 2. The van der Waals surface area contributed by atoms with Crippen LogP contribution in [-0.4, -0.2) is 58.8 Å². The number of nitrogens with one attached hydrogen (secondary N) is 4. The van der Waals surface area contributed by atoms with Crippen LogP contribution < -0.4 is 21.3 Å². The zero-order valence-electron chi connectivity index (χ0n) is 18.2. The smallest absolute Gasteiger partial charge is 0.251 e. The van der Waals surface area contributed by atoms with Gasteiger partial charge in [-0.3, -0.25) is 14.6 Å².